The molecule has 1 fully saturated rings. The lowest BCUT2D eigenvalue weighted by Crippen LogP contribution is -2.22. The van der Waals surface area contributed by atoms with E-state index in [2.05, 4.69) is 31.4 Å². The van der Waals surface area contributed by atoms with Crippen molar-refractivity contribution in [1.82, 2.24) is 14.8 Å². The van der Waals surface area contributed by atoms with Gasteiger partial charge in [-0.25, -0.2) is 10.4 Å². The number of fused-ring (bicyclic) bond motifs is 1. The zero-order valence-corrected chi connectivity index (χ0v) is 14.9. The Kier molecular flexibility index (Phi) is 5.10. The first-order chi connectivity index (χ1) is 11.1. The van der Waals surface area contributed by atoms with E-state index < -0.39 is 0 Å². The highest BCUT2D eigenvalue weighted by atomic mass is 79.9. The molecule has 2 aromatic heterocycles. The first kappa shape index (κ1) is 16.2. The van der Waals surface area contributed by atoms with E-state index in [0.29, 0.717) is 11.4 Å². The van der Waals surface area contributed by atoms with E-state index >= 15 is 0 Å². The van der Waals surface area contributed by atoms with Gasteiger partial charge in [-0.3, -0.25) is 9.20 Å². The number of nitrogens with zero attached hydrogens (tertiary/aromatic N) is 3. The molecule has 122 valence electrons. The number of pyridine rings is 1. The Morgan fingerprint density at radius 3 is 2.65 bits per heavy atom. The summed E-state index contributed by atoms with van der Waals surface area (Å²) in [5.74, 6) is -0.206. The van der Waals surface area contributed by atoms with Gasteiger partial charge in [0, 0.05) is 16.4 Å². The standard InChI is InChI=1S/C17H21BrN4O/c1-12-16(22-11-13(18)9-10-15(22)19-12)17(23)21-20-14-7-5-3-2-4-6-8-14/h9-11H,2-8H2,1H3,(H,21,23). The Hall–Kier alpha value is -1.69. The smallest absolute Gasteiger partial charge is 0.290 e. The van der Waals surface area contributed by atoms with Crippen molar-refractivity contribution in [1.29, 1.82) is 0 Å². The molecule has 3 rings (SSSR count). The third-order valence-electron chi connectivity index (χ3n) is 4.22. The van der Waals surface area contributed by atoms with Crippen LogP contribution in [0.1, 0.15) is 61.1 Å². The Morgan fingerprint density at radius 1 is 1.22 bits per heavy atom. The van der Waals surface area contributed by atoms with Gasteiger partial charge in [0.05, 0.1) is 5.69 Å². The summed E-state index contributed by atoms with van der Waals surface area (Å²) in [4.78, 5) is 17.0. The van der Waals surface area contributed by atoms with Crippen LogP contribution in [-0.2, 0) is 0 Å². The molecule has 1 N–H and O–H groups in total. The molecule has 0 unspecified atom stereocenters. The summed E-state index contributed by atoms with van der Waals surface area (Å²) in [5, 5.41) is 4.38. The predicted octanol–water partition coefficient (Wildman–Crippen LogP) is 4.24. The van der Waals surface area contributed by atoms with Crippen LogP contribution in [0, 0.1) is 6.92 Å². The third kappa shape index (κ3) is 3.80. The molecule has 1 aliphatic carbocycles. The van der Waals surface area contributed by atoms with Crippen LogP contribution in [-0.4, -0.2) is 21.0 Å². The average molecular weight is 377 g/mol. The Bertz CT molecular complexity index is 740. The van der Waals surface area contributed by atoms with Crippen LogP contribution in [0.2, 0.25) is 0 Å². The normalized spacial score (nSPS) is 16.0. The molecular formula is C17H21BrN4O. The zero-order chi connectivity index (χ0) is 16.2. The molecule has 0 aromatic carbocycles. The minimum atomic E-state index is -0.206. The fourth-order valence-electron chi connectivity index (χ4n) is 3.02. The van der Waals surface area contributed by atoms with Crippen molar-refractivity contribution < 1.29 is 4.79 Å². The van der Waals surface area contributed by atoms with Gasteiger partial charge in [-0.05, 0) is 60.7 Å². The number of aromatic nitrogens is 2. The minimum absolute atomic E-state index is 0.206. The van der Waals surface area contributed by atoms with Crippen LogP contribution in [0.25, 0.3) is 5.65 Å². The van der Waals surface area contributed by atoms with Gasteiger partial charge >= 0.3 is 0 Å². The molecule has 2 aromatic rings. The van der Waals surface area contributed by atoms with Crippen LogP contribution in [0.5, 0.6) is 0 Å². The van der Waals surface area contributed by atoms with E-state index in [-0.39, 0.29) is 5.91 Å². The summed E-state index contributed by atoms with van der Waals surface area (Å²) in [6, 6.07) is 3.80. The van der Waals surface area contributed by atoms with E-state index in [0.717, 1.165) is 41.5 Å². The molecule has 1 aliphatic rings. The molecule has 0 saturated heterocycles. The summed E-state index contributed by atoms with van der Waals surface area (Å²) in [7, 11) is 0. The molecule has 23 heavy (non-hydrogen) atoms. The Morgan fingerprint density at radius 2 is 1.91 bits per heavy atom. The first-order valence-electron chi connectivity index (χ1n) is 8.15. The van der Waals surface area contributed by atoms with Crippen LogP contribution < -0.4 is 5.43 Å². The van der Waals surface area contributed by atoms with Crippen LogP contribution in [0.3, 0.4) is 0 Å². The van der Waals surface area contributed by atoms with Gasteiger partial charge in [-0.15, -0.1) is 0 Å². The van der Waals surface area contributed by atoms with Gasteiger partial charge in [0.15, 0.2) is 0 Å². The van der Waals surface area contributed by atoms with E-state index in [9.17, 15) is 4.79 Å². The topological polar surface area (TPSA) is 58.8 Å². The highest BCUT2D eigenvalue weighted by Crippen LogP contribution is 2.17. The van der Waals surface area contributed by atoms with Crippen molar-refractivity contribution in [2.45, 2.75) is 51.9 Å². The molecule has 5 nitrogen and oxygen atoms in total. The Labute approximate surface area is 144 Å². The molecule has 0 bridgehead atoms. The number of imidazole rings is 1. The molecule has 1 amide bonds. The number of carbonyl (C=O) groups excluding carboxylic acids is 1. The van der Waals surface area contributed by atoms with Gasteiger partial charge in [0.1, 0.15) is 11.3 Å². The molecule has 0 aliphatic heterocycles. The van der Waals surface area contributed by atoms with Gasteiger partial charge in [0.2, 0.25) is 0 Å². The molecule has 6 heteroatoms. The lowest BCUT2D eigenvalue weighted by molar-refractivity contribution is 0.0948. The second-order valence-electron chi connectivity index (χ2n) is 6.01. The van der Waals surface area contributed by atoms with Crippen LogP contribution >= 0.6 is 15.9 Å². The van der Waals surface area contributed by atoms with E-state index in [4.69, 9.17) is 0 Å². The second-order valence-corrected chi connectivity index (χ2v) is 6.92. The number of carbonyl (C=O) groups is 1. The van der Waals surface area contributed by atoms with Crippen molar-refractivity contribution in [3.63, 3.8) is 0 Å². The van der Waals surface area contributed by atoms with Crippen molar-refractivity contribution in [3.05, 3.63) is 34.2 Å². The van der Waals surface area contributed by atoms with E-state index in [1.807, 2.05) is 25.3 Å². The summed E-state index contributed by atoms with van der Waals surface area (Å²) in [6.07, 6.45) is 9.98. The lowest BCUT2D eigenvalue weighted by atomic mass is 9.99. The van der Waals surface area contributed by atoms with Crippen LogP contribution in [0.4, 0.5) is 0 Å². The average Bonchev–Trinajstić information content (AvgIpc) is 2.81. The first-order valence-corrected chi connectivity index (χ1v) is 8.94. The number of hydrogen-bond donors (Lipinski definition) is 1. The third-order valence-corrected chi connectivity index (χ3v) is 4.69. The van der Waals surface area contributed by atoms with Gasteiger partial charge in [-0.2, -0.15) is 5.10 Å². The number of rotatable bonds is 2. The molecule has 1 saturated carbocycles. The van der Waals surface area contributed by atoms with Crippen LogP contribution in [0.15, 0.2) is 27.9 Å². The highest BCUT2D eigenvalue weighted by Gasteiger charge is 2.16. The SMILES string of the molecule is Cc1nc2ccc(Br)cn2c1C(=O)NN=C1CCCCCCC1. The maximum absolute atomic E-state index is 12.6. The fraction of sp³-hybridized carbons (Fsp3) is 0.471. The maximum Gasteiger partial charge on any atom is 0.290 e. The van der Waals surface area contributed by atoms with Gasteiger partial charge in [0.25, 0.3) is 5.91 Å². The molecule has 0 spiro atoms. The molecular weight excluding hydrogens is 356 g/mol. The number of nitrogens with one attached hydrogen (secondary N) is 1. The summed E-state index contributed by atoms with van der Waals surface area (Å²) in [6.45, 7) is 1.85. The summed E-state index contributed by atoms with van der Waals surface area (Å²) < 4.78 is 2.70. The van der Waals surface area contributed by atoms with Crippen molar-refractivity contribution in [2.24, 2.45) is 5.10 Å². The zero-order valence-electron chi connectivity index (χ0n) is 13.3. The van der Waals surface area contributed by atoms with Crippen molar-refractivity contribution >= 4 is 33.2 Å². The Balaban J connectivity index is 1.80. The van der Waals surface area contributed by atoms with E-state index in [1.54, 1.807) is 4.40 Å². The van der Waals surface area contributed by atoms with E-state index in [1.165, 1.54) is 19.3 Å². The number of aryl methyl sites for hydroxylation is 1. The second kappa shape index (κ2) is 7.25. The highest BCUT2D eigenvalue weighted by molar-refractivity contribution is 9.10. The quantitative estimate of drug-likeness (QED) is 0.796. The summed E-state index contributed by atoms with van der Waals surface area (Å²) in [5.41, 5.74) is 5.83. The van der Waals surface area contributed by atoms with Gasteiger partial charge < -0.3 is 0 Å². The number of halogens is 1. The lowest BCUT2D eigenvalue weighted by Gasteiger charge is -2.11. The molecule has 0 radical (unpaired) electrons. The molecule has 0 atom stereocenters. The number of hydrazone groups is 1. The predicted molar refractivity (Wildman–Crippen MR) is 94.8 cm³/mol. The largest absolute Gasteiger partial charge is 0.294 e. The minimum Gasteiger partial charge on any atom is -0.294 e. The summed E-state index contributed by atoms with van der Waals surface area (Å²) >= 11 is 3.43. The van der Waals surface area contributed by atoms with Gasteiger partial charge in [-0.1, -0.05) is 19.3 Å². The number of amides is 1. The molecule has 2 heterocycles. The number of hydrogen-bond acceptors (Lipinski definition) is 3. The van der Waals surface area contributed by atoms with Crippen molar-refractivity contribution in [2.75, 3.05) is 0 Å². The monoisotopic (exact) mass is 376 g/mol. The maximum atomic E-state index is 12.6. The van der Waals surface area contributed by atoms with Crippen molar-refractivity contribution in [3.8, 4) is 0 Å². The fourth-order valence-corrected chi connectivity index (χ4v) is 3.35.